The maximum Gasteiger partial charge on any atom is 0.125 e. The molecule has 0 saturated heterocycles. The topological polar surface area (TPSA) is 13.0 Å². The molecule has 12 rings (SSSR count). The first kappa shape index (κ1) is 47.2. The van der Waals surface area contributed by atoms with E-state index in [4.69, 9.17) is 0 Å². The molecule has 12 aromatic rings. The van der Waals surface area contributed by atoms with Gasteiger partial charge in [0, 0.05) is 66.4 Å². The lowest BCUT2D eigenvalue weighted by Gasteiger charge is -2.32. The van der Waals surface area contributed by atoms with Crippen LogP contribution in [0.15, 0.2) is 255 Å². The first-order chi connectivity index (χ1) is 37.2. The van der Waals surface area contributed by atoms with Crippen LogP contribution in [0.3, 0.4) is 0 Å². The van der Waals surface area contributed by atoms with Crippen LogP contribution in [0, 0.1) is 34.9 Å². The van der Waals surface area contributed by atoms with Crippen LogP contribution in [0.5, 0.6) is 0 Å². The molecule has 0 fully saturated rings. The predicted octanol–water partition coefficient (Wildman–Crippen LogP) is 19.9. The van der Waals surface area contributed by atoms with Crippen molar-refractivity contribution < 1.29 is 26.3 Å². The molecule has 0 heterocycles. The minimum absolute atomic E-state index is 0.450. The lowest BCUT2D eigenvalue weighted by atomic mass is 9.99. The maximum atomic E-state index is 15.6. The van der Waals surface area contributed by atoms with Crippen LogP contribution in [0.1, 0.15) is 0 Å². The maximum absolute atomic E-state index is 15.6. The number of benzene rings is 12. The van der Waals surface area contributed by atoms with Crippen molar-refractivity contribution in [3.63, 3.8) is 0 Å². The SMILES string of the molecule is Fc1cccc(N(c2cccc(F)c2)c2cccc3c(N(c4cccc(F)c4)c4cccc5c(N(c6cccc(F)c6)c6cccc7c(N(c8cccc(F)c8)c8cccc(F)c8)cccc67)cccc45)cccc23)c1. The summed E-state index contributed by atoms with van der Waals surface area (Å²) in [6, 6.07) is 72.2. The number of rotatable bonds is 12. The van der Waals surface area contributed by atoms with Gasteiger partial charge in [-0.15, -0.1) is 0 Å². The summed E-state index contributed by atoms with van der Waals surface area (Å²) in [5.41, 5.74) is 7.01. The summed E-state index contributed by atoms with van der Waals surface area (Å²) in [6.45, 7) is 0. The van der Waals surface area contributed by atoms with Gasteiger partial charge < -0.3 is 19.6 Å². The van der Waals surface area contributed by atoms with E-state index in [1.54, 1.807) is 60.7 Å². The summed E-state index contributed by atoms with van der Waals surface area (Å²) >= 11 is 0. The second-order valence-corrected chi connectivity index (χ2v) is 18.2. The fourth-order valence-corrected chi connectivity index (χ4v) is 10.4. The van der Waals surface area contributed by atoms with Gasteiger partial charge in [0.25, 0.3) is 0 Å². The summed E-state index contributed by atoms with van der Waals surface area (Å²) in [5, 5.41) is 4.55. The minimum atomic E-state index is -0.456. The van der Waals surface area contributed by atoms with Gasteiger partial charge in [0.05, 0.1) is 34.1 Å². The van der Waals surface area contributed by atoms with E-state index in [0.717, 1.165) is 32.3 Å². The Morgan fingerprint density at radius 3 is 0.513 bits per heavy atom. The smallest absolute Gasteiger partial charge is 0.125 e. The molecule has 0 aromatic heterocycles. The normalized spacial score (nSPS) is 11.3. The van der Waals surface area contributed by atoms with Crippen LogP contribution >= 0.6 is 0 Å². The molecule has 0 amide bonds. The van der Waals surface area contributed by atoms with E-state index in [1.807, 2.05) is 141 Å². The van der Waals surface area contributed by atoms with Crippen LogP contribution in [0.4, 0.5) is 94.6 Å². The van der Waals surface area contributed by atoms with Crippen molar-refractivity contribution in [2.45, 2.75) is 0 Å². The quantitative estimate of drug-likeness (QED) is 0.113. The van der Waals surface area contributed by atoms with E-state index in [-0.39, 0.29) is 0 Å². The molecule has 10 heteroatoms. The number of hydrogen-bond donors (Lipinski definition) is 0. The standard InChI is InChI=1S/C66H42F6N4/c67-43-13-1-19-49(37-43)73(50-20-2-14-44(68)38-50)61-31-7-27-57-55(61)25-9-33-63(57)75(53-23-5-17-47(71)41-53)65-35-11-30-60-59(65)29-12-36-66(60)76(54-24-6-18-48(72)42-54)64-34-10-26-56-58(64)28-8-32-62(56)74(51-21-3-15-45(69)39-51)52-22-4-16-46(70)40-52/h1-42H. The molecule has 0 spiro atoms. The summed E-state index contributed by atoms with van der Waals surface area (Å²) < 4.78 is 91.4. The molecule has 0 aliphatic heterocycles. The van der Waals surface area contributed by atoms with Gasteiger partial charge in [-0.3, -0.25) is 0 Å². The molecule has 0 aliphatic rings. The van der Waals surface area contributed by atoms with E-state index in [1.165, 1.54) is 72.8 Å². The molecule has 0 bridgehead atoms. The zero-order valence-corrected chi connectivity index (χ0v) is 40.3. The molecule has 0 atom stereocenters. The lowest BCUT2D eigenvalue weighted by molar-refractivity contribution is 0.626. The Bertz CT molecular complexity index is 3810. The van der Waals surface area contributed by atoms with Crippen LogP contribution in [0.25, 0.3) is 32.3 Å². The molecular weight excluding hydrogens is 963 g/mol. The Morgan fingerprint density at radius 2 is 0.329 bits per heavy atom. The summed E-state index contributed by atoms with van der Waals surface area (Å²) in [5.74, 6) is -2.73. The second-order valence-electron chi connectivity index (χ2n) is 18.2. The van der Waals surface area contributed by atoms with E-state index < -0.39 is 34.9 Å². The number of fused-ring (bicyclic) bond motifs is 3. The molecule has 12 aromatic carbocycles. The lowest BCUT2D eigenvalue weighted by Crippen LogP contribution is -2.14. The van der Waals surface area contributed by atoms with Crippen molar-refractivity contribution in [2.24, 2.45) is 0 Å². The van der Waals surface area contributed by atoms with Crippen molar-refractivity contribution in [2.75, 3.05) is 19.6 Å². The van der Waals surface area contributed by atoms with Crippen LogP contribution in [-0.4, -0.2) is 0 Å². The van der Waals surface area contributed by atoms with Gasteiger partial charge in [-0.25, -0.2) is 26.3 Å². The van der Waals surface area contributed by atoms with E-state index in [9.17, 15) is 0 Å². The molecule has 0 N–H and O–H groups in total. The van der Waals surface area contributed by atoms with Crippen LogP contribution in [0.2, 0.25) is 0 Å². The number of hydrogen-bond acceptors (Lipinski definition) is 4. The Kier molecular flexibility index (Phi) is 12.4. The fourth-order valence-electron chi connectivity index (χ4n) is 10.4. The number of halogens is 6. The second kappa shape index (κ2) is 19.9. The Morgan fingerprint density at radius 1 is 0.171 bits per heavy atom. The third-order valence-corrected chi connectivity index (χ3v) is 13.5. The van der Waals surface area contributed by atoms with Crippen molar-refractivity contribution in [3.05, 3.63) is 290 Å². The summed E-state index contributed by atoms with van der Waals surface area (Å²) in [4.78, 5) is 7.62. The van der Waals surface area contributed by atoms with Crippen LogP contribution < -0.4 is 19.6 Å². The van der Waals surface area contributed by atoms with Crippen molar-refractivity contribution in [3.8, 4) is 0 Å². The minimum Gasteiger partial charge on any atom is -0.310 e. The van der Waals surface area contributed by atoms with Crippen molar-refractivity contribution in [1.29, 1.82) is 0 Å². The molecule has 0 radical (unpaired) electrons. The van der Waals surface area contributed by atoms with Crippen LogP contribution in [-0.2, 0) is 0 Å². The van der Waals surface area contributed by atoms with Gasteiger partial charge in [0.15, 0.2) is 0 Å². The molecular formula is C66H42F6N4. The summed E-state index contributed by atoms with van der Waals surface area (Å²) in [7, 11) is 0. The largest absolute Gasteiger partial charge is 0.310 e. The molecule has 4 nitrogen and oxygen atoms in total. The van der Waals surface area contributed by atoms with E-state index in [0.29, 0.717) is 68.2 Å². The van der Waals surface area contributed by atoms with Crippen molar-refractivity contribution >= 4 is 101 Å². The zero-order valence-electron chi connectivity index (χ0n) is 40.3. The highest BCUT2D eigenvalue weighted by Gasteiger charge is 2.26. The first-order valence-corrected chi connectivity index (χ1v) is 24.5. The molecule has 0 unspecified atom stereocenters. The Balaban J connectivity index is 1.07. The molecule has 368 valence electrons. The third kappa shape index (κ3) is 8.85. The van der Waals surface area contributed by atoms with Gasteiger partial charge in [-0.2, -0.15) is 0 Å². The summed E-state index contributed by atoms with van der Waals surface area (Å²) in [6.07, 6.45) is 0. The molecule has 76 heavy (non-hydrogen) atoms. The van der Waals surface area contributed by atoms with Crippen molar-refractivity contribution in [1.82, 2.24) is 0 Å². The van der Waals surface area contributed by atoms with Gasteiger partial charge >= 0.3 is 0 Å². The molecule has 0 saturated carbocycles. The monoisotopic (exact) mass is 1000 g/mol. The van der Waals surface area contributed by atoms with Gasteiger partial charge in [0.2, 0.25) is 0 Å². The third-order valence-electron chi connectivity index (χ3n) is 13.5. The first-order valence-electron chi connectivity index (χ1n) is 24.5. The van der Waals surface area contributed by atoms with E-state index in [2.05, 4.69) is 0 Å². The Labute approximate surface area is 434 Å². The molecule has 0 aliphatic carbocycles. The van der Waals surface area contributed by atoms with Gasteiger partial charge in [0.1, 0.15) is 34.9 Å². The highest BCUT2D eigenvalue weighted by atomic mass is 19.1. The van der Waals surface area contributed by atoms with E-state index >= 15 is 26.3 Å². The average Bonchev–Trinajstić information content (AvgIpc) is 3.46. The fraction of sp³-hybridized carbons (Fsp3) is 0. The highest BCUT2D eigenvalue weighted by molar-refractivity contribution is 6.13. The zero-order chi connectivity index (χ0) is 51.9. The van der Waals surface area contributed by atoms with Gasteiger partial charge in [-0.1, -0.05) is 109 Å². The number of nitrogens with zero attached hydrogens (tertiary/aromatic N) is 4. The highest BCUT2D eigenvalue weighted by Crippen LogP contribution is 2.50. The van der Waals surface area contributed by atoms with Gasteiger partial charge in [-0.05, 0) is 146 Å². The average molecular weight is 1010 g/mol. The predicted molar refractivity (Wildman–Crippen MR) is 297 cm³/mol. The number of anilines is 12. The Hall–Kier alpha value is -9.80.